The second kappa shape index (κ2) is 8.08. The molecule has 5 nitrogen and oxygen atoms in total. The number of aliphatic carboxylic acids is 1. The number of ether oxygens (including phenoxy) is 1. The Bertz CT molecular complexity index is 1180. The van der Waals surface area contributed by atoms with E-state index in [4.69, 9.17) is 21.3 Å². The number of rotatable bonds is 4. The van der Waals surface area contributed by atoms with Crippen LogP contribution in [0.4, 0.5) is 0 Å². The number of phenols is 1. The molecule has 0 bridgehead atoms. The van der Waals surface area contributed by atoms with Gasteiger partial charge in [0.1, 0.15) is 10.6 Å². The van der Waals surface area contributed by atoms with E-state index in [9.17, 15) is 15.0 Å². The fourth-order valence-corrected chi connectivity index (χ4v) is 5.80. The van der Waals surface area contributed by atoms with Gasteiger partial charge in [-0.25, -0.2) is 9.78 Å². The fraction of sp³-hybridized carbons (Fsp3) is 0.417. The summed E-state index contributed by atoms with van der Waals surface area (Å²) in [6.45, 7) is 7.30. The molecule has 1 aliphatic carbocycles. The maximum Gasteiger partial charge on any atom is 0.337 e. The number of benzene rings is 1. The molecule has 1 aliphatic rings. The molecule has 0 amide bonds. The van der Waals surface area contributed by atoms with Crippen LogP contribution in [0.1, 0.15) is 61.4 Å². The molecule has 7 heteroatoms. The molecular weight excluding hydrogens is 434 g/mol. The van der Waals surface area contributed by atoms with E-state index in [1.807, 2.05) is 27.7 Å². The molecule has 3 aromatic rings. The van der Waals surface area contributed by atoms with Gasteiger partial charge in [0.05, 0.1) is 5.60 Å². The molecule has 0 fully saturated rings. The number of aromatic nitrogens is 1. The molecule has 2 N–H and O–H groups in total. The molecule has 2 aromatic heterocycles. The molecule has 1 atom stereocenters. The first-order valence-corrected chi connectivity index (χ1v) is 11.6. The number of aryl methyl sites for hydroxylation is 3. The predicted octanol–water partition coefficient (Wildman–Crippen LogP) is 6.45. The summed E-state index contributed by atoms with van der Waals surface area (Å²) in [5.74, 6) is -1.07. The highest BCUT2D eigenvalue weighted by molar-refractivity contribution is 7.19. The van der Waals surface area contributed by atoms with Gasteiger partial charge in [-0.05, 0) is 77.1 Å². The number of hydrogen-bond acceptors (Lipinski definition) is 5. The Balaban J connectivity index is 2.12. The third kappa shape index (κ3) is 4.16. The molecule has 164 valence electrons. The quantitative estimate of drug-likeness (QED) is 0.468. The van der Waals surface area contributed by atoms with Crippen LogP contribution in [-0.2, 0) is 22.4 Å². The van der Waals surface area contributed by atoms with E-state index in [2.05, 4.69) is 0 Å². The summed E-state index contributed by atoms with van der Waals surface area (Å²) in [5.41, 5.74) is 2.84. The highest BCUT2D eigenvalue weighted by Gasteiger charge is 2.34. The fourth-order valence-electron chi connectivity index (χ4n) is 4.32. The van der Waals surface area contributed by atoms with Gasteiger partial charge in [0, 0.05) is 37.7 Å². The Morgan fingerprint density at radius 3 is 2.61 bits per heavy atom. The van der Waals surface area contributed by atoms with Crippen molar-refractivity contribution in [1.82, 2.24) is 4.98 Å². The Morgan fingerprint density at radius 2 is 1.97 bits per heavy atom. The summed E-state index contributed by atoms with van der Waals surface area (Å²) in [6.07, 6.45) is 2.91. The third-order valence-electron chi connectivity index (χ3n) is 5.52. The summed E-state index contributed by atoms with van der Waals surface area (Å²) in [7, 11) is 0. The number of fused-ring (bicyclic) bond motifs is 3. The van der Waals surface area contributed by atoms with Crippen molar-refractivity contribution >= 4 is 39.1 Å². The number of thiophene rings is 1. The summed E-state index contributed by atoms with van der Waals surface area (Å²) in [4.78, 5) is 19.4. The molecule has 0 saturated heterocycles. The SMILES string of the molecule is Cc1nc2sc3c(c2c(-c2ccc(Cl)cc2O)c1[C@H](OC(C)(C)C)C(=O)O)CCCC3. The van der Waals surface area contributed by atoms with Crippen LogP contribution in [0, 0.1) is 6.92 Å². The maximum absolute atomic E-state index is 12.4. The zero-order chi connectivity index (χ0) is 22.5. The number of nitrogens with zero attached hydrogens (tertiary/aromatic N) is 1. The molecule has 0 spiro atoms. The van der Waals surface area contributed by atoms with E-state index in [-0.39, 0.29) is 5.75 Å². The largest absolute Gasteiger partial charge is 0.507 e. The minimum absolute atomic E-state index is 0.0105. The zero-order valence-corrected chi connectivity index (χ0v) is 19.7. The van der Waals surface area contributed by atoms with Crippen LogP contribution in [0.2, 0.25) is 5.02 Å². The summed E-state index contributed by atoms with van der Waals surface area (Å²) in [6, 6.07) is 4.95. The number of carbonyl (C=O) groups is 1. The van der Waals surface area contributed by atoms with Crippen molar-refractivity contribution < 1.29 is 19.7 Å². The van der Waals surface area contributed by atoms with Crippen LogP contribution in [0.5, 0.6) is 5.75 Å². The van der Waals surface area contributed by atoms with Gasteiger partial charge in [-0.15, -0.1) is 11.3 Å². The normalized spacial score (nSPS) is 15.1. The average Bonchev–Trinajstić information content (AvgIpc) is 3.02. The Hall–Kier alpha value is -2.15. The number of aromatic hydroxyl groups is 1. The van der Waals surface area contributed by atoms with E-state index >= 15 is 0 Å². The van der Waals surface area contributed by atoms with Crippen molar-refractivity contribution in [3.8, 4) is 16.9 Å². The first-order valence-electron chi connectivity index (χ1n) is 10.4. The number of carboxylic acid groups (broad SMARTS) is 1. The summed E-state index contributed by atoms with van der Waals surface area (Å²) >= 11 is 7.77. The van der Waals surface area contributed by atoms with E-state index in [0.29, 0.717) is 27.4 Å². The van der Waals surface area contributed by atoms with E-state index in [1.54, 1.807) is 23.5 Å². The lowest BCUT2D eigenvalue weighted by atomic mass is 9.87. The maximum atomic E-state index is 12.4. The third-order valence-corrected chi connectivity index (χ3v) is 6.94. The predicted molar refractivity (Wildman–Crippen MR) is 124 cm³/mol. The first-order chi connectivity index (χ1) is 14.6. The highest BCUT2D eigenvalue weighted by Crippen LogP contribution is 2.47. The van der Waals surface area contributed by atoms with Crippen molar-refractivity contribution in [3.05, 3.63) is 44.9 Å². The van der Waals surface area contributed by atoms with Crippen molar-refractivity contribution in [3.63, 3.8) is 0 Å². The van der Waals surface area contributed by atoms with Gasteiger partial charge in [0.15, 0.2) is 6.10 Å². The topological polar surface area (TPSA) is 79.7 Å². The van der Waals surface area contributed by atoms with Gasteiger partial charge in [-0.2, -0.15) is 0 Å². The monoisotopic (exact) mass is 459 g/mol. The Kier molecular flexibility index (Phi) is 5.75. The van der Waals surface area contributed by atoms with Crippen molar-refractivity contribution in [2.45, 2.75) is 65.1 Å². The van der Waals surface area contributed by atoms with Crippen molar-refractivity contribution in [2.24, 2.45) is 0 Å². The second-order valence-corrected chi connectivity index (χ2v) is 10.5. The lowest BCUT2D eigenvalue weighted by Crippen LogP contribution is -2.28. The summed E-state index contributed by atoms with van der Waals surface area (Å²) < 4.78 is 6.02. The highest BCUT2D eigenvalue weighted by atomic mass is 35.5. The van der Waals surface area contributed by atoms with Crippen LogP contribution in [0.3, 0.4) is 0 Å². The van der Waals surface area contributed by atoms with E-state index in [0.717, 1.165) is 35.9 Å². The molecule has 0 unspecified atom stereocenters. The molecule has 4 rings (SSSR count). The van der Waals surface area contributed by atoms with E-state index < -0.39 is 17.7 Å². The molecular formula is C24H26ClNO4S. The first kappa shape index (κ1) is 22.1. The minimum Gasteiger partial charge on any atom is -0.507 e. The van der Waals surface area contributed by atoms with Crippen LogP contribution in [0.25, 0.3) is 21.3 Å². The van der Waals surface area contributed by atoms with Crippen LogP contribution >= 0.6 is 22.9 Å². The number of pyridine rings is 1. The van der Waals surface area contributed by atoms with Gasteiger partial charge in [-0.3, -0.25) is 0 Å². The standard InChI is InChI=1S/C24H26ClNO4S/c1-12-18(21(23(28)29)30-24(2,3)4)19(14-10-9-13(25)11-16(14)27)20-15-7-5-6-8-17(15)31-22(20)26-12/h9-11,21,27H,5-8H2,1-4H3,(H,28,29)/t21-/m0/s1. The van der Waals surface area contributed by atoms with Gasteiger partial charge >= 0.3 is 5.97 Å². The molecule has 1 aromatic carbocycles. The number of carboxylic acids is 1. The smallest absolute Gasteiger partial charge is 0.337 e. The van der Waals surface area contributed by atoms with Crippen molar-refractivity contribution in [2.75, 3.05) is 0 Å². The van der Waals surface area contributed by atoms with Crippen LogP contribution < -0.4 is 0 Å². The van der Waals surface area contributed by atoms with Gasteiger partial charge in [0.25, 0.3) is 0 Å². The molecule has 0 aliphatic heterocycles. The summed E-state index contributed by atoms with van der Waals surface area (Å²) in [5, 5.41) is 22.3. The lowest BCUT2D eigenvalue weighted by Gasteiger charge is -2.28. The number of halogens is 1. The minimum atomic E-state index is -1.22. The van der Waals surface area contributed by atoms with Crippen LogP contribution in [0.15, 0.2) is 18.2 Å². The van der Waals surface area contributed by atoms with Gasteiger partial charge in [0.2, 0.25) is 0 Å². The van der Waals surface area contributed by atoms with Crippen LogP contribution in [-0.4, -0.2) is 26.8 Å². The number of hydrogen-bond donors (Lipinski definition) is 2. The lowest BCUT2D eigenvalue weighted by molar-refractivity contribution is -0.160. The number of phenolic OH excluding ortho intramolecular Hbond substituents is 1. The van der Waals surface area contributed by atoms with Gasteiger partial charge in [-0.1, -0.05) is 11.6 Å². The van der Waals surface area contributed by atoms with E-state index in [1.165, 1.54) is 16.5 Å². The van der Waals surface area contributed by atoms with Gasteiger partial charge < -0.3 is 14.9 Å². The van der Waals surface area contributed by atoms with Crippen molar-refractivity contribution in [1.29, 1.82) is 0 Å². The molecule has 0 radical (unpaired) electrons. The second-order valence-electron chi connectivity index (χ2n) is 8.99. The Labute approximate surface area is 190 Å². The average molecular weight is 460 g/mol. The molecule has 0 saturated carbocycles. The molecule has 31 heavy (non-hydrogen) atoms. The Morgan fingerprint density at radius 1 is 1.26 bits per heavy atom. The molecule has 2 heterocycles. The zero-order valence-electron chi connectivity index (χ0n) is 18.1.